The first-order valence-corrected chi connectivity index (χ1v) is 5.87. The Bertz CT molecular complexity index is 244. The first-order valence-electron chi connectivity index (χ1n) is 5.87. The second-order valence-electron chi connectivity index (χ2n) is 5.80. The molecule has 1 saturated heterocycles. The van der Waals surface area contributed by atoms with E-state index in [0.717, 1.165) is 32.4 Å². The molecule has 2 N–H and O–H groups in total. The average Bonchev–Trinajstić information content (AvgIpc) is 2.15. The van der Waals surface area contributed by atoms with Crippen LogP contribution in [0, 0.1) is 5.41 Å². The van der Waals surface area contributed by atoms with E-state index in [0.29, 0.717) is 0 Å². The first-order chi connectivity index (χ1) is 6.78. The minimum Gasteiger partial charge on any atom is -0.340 e. The molecule has 0 radical (unpaired) electrons. The summed E-state index contributed by atoms with van der Waals surface area (Å²) in [6, 6.07) is 0. The van der Waals surface area contributed by atoms with Crippen LogP contribution in [0.25, 0.3) is 0 Å². The highest BCUT2D eigenvalue weighted by Crippen LogP contribution is 2.26. The third kappa shape index (κ3) is 2.94. The van der Waals surface area contributed by atoms with Crippen molar-refractivity contribution < 1.29 is 4.79 Å². The fourth-order valence-corrected chi connectivity index (χ4v) is 2.10. The number of nitrogens with two attached hydrogens (primary N) is 1. The fourth-order valence-electron chi connectivity index (χ4n) is 2.10. The molecule has 1 heterocycles. The van der Waals surface area contributed by atoms with Gasteiger partial charge in [0.25, 0.3) is 0 Å². The monoisotopic (exact) mass is 212 g/mol. The van der Waals surface area contributed by atoms with Gasteiger partial charge in [0.05, 0.1) is 0 Å². The van der Waals surface area contributed by atoms with E-state index >= 15 is 0 Å². The Hall–Kier alpha value is -0.570. The van der Waals surface area contributed by atoms with E-state index in [-0.39, 0.29) is 16.9 Å². The Labute approximate surface area is 93.0 Å². The summed E-state index contributed by atoms with van der Waals surface area (Å²) >= 11 is 0. The lowest BCUT2D eigenvalue weighted by molar-refractivity contribution is -0.141. The molecule has 0 bridgehead atoms. The van der Waals surface area contributed by atoms with Crippen LogP contribution in [0.2, 0.25) is 0 Å². The predicted octanol–water partition coefficient (Wildman–Crippen LogP) is 1.76. The number of nitrogens with zero attached hydrogens (tertiary/aromatic N) is 1. The van der Waals surface area contributed by atoms with Crippen molar-refractivity contribution in [3.63, 3.8) is 0 Å². The summed E-state index contributed by atoms with van der Waals surface area (Å²) in [6.07, 6.45) is 3.02. The maximum Gasteiger partial charge on any atom is 0.228 e. The van der Waals surface area contributed by atoms with Crippen LogP contribution in [0.3, 0.4) is 0 Å². The molecule has 88 valence electrons. The van der Waals surface area contributed by atoms with Gasteiger partial charge in [-0.05, 0) is 19.3 Å². The SMILES string of the molecule is CCC1(N)CCCN(C(=O)C(C)(C)C)C1. The summed E-state index contributed by atoms with van der Waals surface area (Å²) in [6.45, 7) is 9.59. The van der Waals surface area contributed by atoms with E-state index < -0.39 is 0 Å². The number of likely N-dealkylation sites (tertiary alicyclic amines) is 1. The zero-order valence-corrected chi connectivity index (χ0v) is 10.5. The number of piperidine rings is 1. The van der Waals surface area contributed by atoms with Crippen molar-refractivity contribution in [2.45, 2.75) is 52.5 Å². The van der Waals surface area contributed by atoms with Crippen LogP contribution in [0.5, 0.6) is 0 Å². The summed E-state index contributed by atoms with van der Waals surface area (Å²) in [4.78, 5) is 14.0. The molecule has 1 amide bonds. The van der Waals surface area contributed by atoms with E-state index in [2.05, 4.69) is 6.92 Å². The van der Waals surface area contributed by atoms with Gasteiger partial charge in [-0.15, -0.1) is 0 Å². The molecule has 3 nitrogen and oxygen atoms in total. The molecule has 1 rings (SSSR count). The van der Waals surface area contributed by atoms with Gasteiger partial charge in [-0.25, -0.2) is 0 Å². The Morgan fingerprint density at radius 1 is 1.47 bits per heavy atom. The fraction of sp³-hybridized carbons (Fsp3) is 0.917. The molecule has 3 heteroatoms. The average molecular weight is 212 g/mol. The molecule has 1 fully saturated rings. The highest BCUT2D eigenvalue weighted by molar-refractivity contribution is 5.81. The van der Waals surface area contributed by atoms with Gasteiger partial charge in [0.15, 0.2) is 0 Å². The predicted molar refractivity (Wildman–Crippen MR) is 62.5 cm³/mol. The van der Waals surface area contributed by atoms with Crippen LogP contribution < -0.4 is 5.73 Å². The van der Waals surface area contributed by atoms with Crippen LogP contribution in [0.4, 0.5) is 0 Å². The summed E-state index contributed by atoms with van der Waals surface area (Å²) in [7, 11) is 0. The lowest BCUT2D eigenvalue weighted by Gasteiger charge is -2.42. The quantitative estimate of drug-likeness (QED) is 0.720. The van der Waals surface area contributed by atoms with Crippen LogP contribution in [-0.2, 0) is 4.79 Å². The molecular formula is C12H24N2O. The molecule has 0 aliphatic carbocycles. The van der Waals surface area contributed by atoms with Crippen molar-refractivity contribution in [1.29, 1.82) is 0 Å². The van der Waals surface area contributed by atoms with Gasteiger partial charge < -0.3 is 10.6 Å². The molecule has 0 saturated carbocycles. The molecular weight excluding hydrogens is 188 g/mol. The standard InChI is InChI=1S/C12H24N2O/c1-5-12(13)7-6-8-14(9-12)10(15)11(2,3)4/h5-9,13H2,1-4H3. The lowest BCUT2D eigenvalue weighted by atomic mass is 9.85. The Morgan fingerprint density at radius 3 is 2.53 bits per heavy atom. The van der Waals surface area contributed by atoms with Gasteiger partial charge in [0.1, 0.15) is 0 Å². The van der Waals surface area contributed by atoms with Crippen molar-refractivity contribution in [1.82, 2.24) is 4.90 Å². The largest absolute Gasteiger partial charge is 0.340 e. The number of hydrogen-bond donors (Lipinski definition) is 1. The minimum atomic E-state index is -0.286. The molecule has 1 aliphatic heterocycles. The highest BCUT2D eigenvalue weighted by atomic mass is 16.2. The molecule has 1 atom stereocenters. The first kappa shape index (κ1) is 12.5. The lowest BCUT2D eigenvalue weighted by Crippen LogP contribution is -2.57. The van der Waals surface area contributed by atoms with Gasteiger partial charge in [0.2, 0.25) is 5.91 Å². The van der Waals surface area contributed by atoms with Gasteiger partial charge >= 0.3 is 0 Å². The normalized spacial score (nSPS) is 27.9. The molecule has 0 aromatic carbocycles. The van der Waals surface area contributed by atoms with E-state index in [9.17, 15) is 4.79 Å². The summed E-state index contributed by atoms with van der Waals surface area (Å²) in [5.74, 6) is 0.227. The number of carbonyl (C=O) groups is 1. The van der Waals surface area contributed by atoms with Crippen molar-refractivity contribution in [2.75, 3.05) is 13.1 Å². The van der Waals surface area contributed by atoms with Gasteiger partial charge in [0, 0.05) is 24.0 Å². The van der Waals surface area contributed by atoms with Gasteiger partial charge in [-0.2, -0.15) is 0 Å². The molecule has 1 unspecified atom stereocenters. The van der Waals surface area contributed by atoms with E-state index in [1.165, 1.54) is 0 Å². The van der Waals surface area contributed by atoms with E-state index in [4.69, 9.17) is 5.73 Å². The molecule has 15 heavy (non-hydrogen) atoms. The smallest absolute Gasteiger partial charge is 0.228 e. The summed E-state index contributed by atoms with van der Waals surface area (Å²) in [5, 5.41) is 0. The highest BCUT2D eigenvalue weighted by Gasteiger charge is 2.35. The second-order valence-corrected chi connectivity index (χ2v) is 5.80. The molecule has 1 aliphatic rings. The van der Waals surface area contributed by atoms with Crippen molar-refractivity contribution >= 4 is 5.91 Å². The number of hydrogen-bond acceptors (Lipinski definition) is 2. The van der Waals surface area contributed by atoms with Crippen LogP contribution >= 0.6 is 0 Å². The maximum atomic E-state index is 12.1. The van der Waals surface area contributed by atoms with Crippen LogP contribution in [0.1, 0.15) is 47.0 Å². The number of amides is 1. The zero-order chi connectivity index (χ0) is 11.7. The van der Waals surface area contributed by atoms with Gasteiger partial charge in [-0.1, -0.05) is 27.7 Å². The topological polar surface area (TPSA) is 46.3 Å². The molecule has 0 aromatic rings. The van der Waals surface area contributed by atoms with Crippen LogP contribution in [-0.4, -0.2) is 29.4 Å². The number of rotatable bonds is 1. The van der Waals surface area contributed by atoms with E-state index in [1.54, 1.807) is 0 Å². The Kier molecular flexibility index (Phi) is 3.44. The zero-order valence-electron chi connectivity index (χ0n) is 10.5. The number of carbonyl (C=O) groups excluding carboxylic acids is 1. The second kappa shape index (κ2) is 4.12. The summed E-state index contributed by atoms with van der Waals surface area (Å²) < 4.78 is 0. The van der Waals surface area contributed by atoms with Crippen LogP contribution in [0.15, 0.2) is 0 Å². The van der Waals surface area contributed by atoms with Crippen molar-refractivity contribution in [3.8, 4) is 0 Å². The summed E-state index contributed by atoms with van der Waals surface area (Å²) in [5.41, 5.74) is 5.80. The molecule has 0 spiro atoms. The Balaban J connectivity index is 2.69. The van der Waals surface area contributed by atoms with E-state index in [1.807, 2.05) is 25.7 Å². The van der Waals surface area contributed by atoms with Crippen molar-refractivity contribution in [3.05, 3.63) is 0 Å². The van der Waals surface area contributed by atoms with Gasteiger partial charge in [-0.3, -0.25) is 4.79 Å². The third-order valence-electron chi connectivity index (χ3n) is 3.24. The third-order valence-corrected chi connectivity index (χ3v) is 3.24. The maximum absolute atomic E-state index is 12.1. The van der Waals surface area contributed by atoms with Crippen molar-refractivity contribution in [2.24, 2.45) is 11.1 Å². The molecule has 0 aromatic heterocycles. The Morgan fingerprint density at radius 2 is 2.07 bits per heavy atom. The minimum absolute atomic E-state index is 0.154.